The molecule has 0 unspecified atom stereocenters. The fourth-order valence-corrected chi connectivity index (χ4v) is 2.27. The molecule has 2 rings (SSSR count). The number of carbonyl (C=O) groups excluding carboxylic acids is 1. The second-order valence-electron chi connectivity index (χ2n) is 4.95. The summed E-state index contributed by atoms with van der Waals surface area (Å²) in [7, 11) is 1.78. The van der Waals surface area contributed by atoms with Crippen LogP contribution < -0.4 is 0 Å². The van der Waals surface area contributed by atoms with Crippen molar-refractivity contribution in [3.8, 4) is 0 Å². The molecule has 1 aromatic rings. The van der Waals surface area contributed by atoms with Gasteiger partial charge in [0.1, 0.15) is 11.9 Å². The van der Waals surface area contributed by atoms with Crippen LogP contribution in [0, 0.1) is 0 Å². The third-order valence-corrected chi connectivity index (χ3v) is 3.31. The van der Waals surface area contributed by atoms with Gasteiger partial charge in [-0.05, 0) is 19.9 Å². The molecular formula is C13H18N4O3. The summed E-state index contributed by atoms with van der Waals surface area (Å²) < 4.78 is 0. The summed E-state index contributed by atoms with van der Waals surface area (Å²) in [6.07, 6.45) is 4.72. The molecule has 0 aromatic carbocycles. The quantitative estimate of drug-likeness (QED) is 0.829. The smallest absolute Gasteiger partial charge is 0.339 e. The third kappa shape index (κ3) is 3.51. The molecule has 1 aliphatic rings. The molecule has 0 radical (unpaired) electrons. The van der Waals surface area contributed by atoms with Gasteiger partial charge >= 0.3 is 5.97 Å². The lowest BCUT2D eigenvalue weighted by Gasteiger charge is -2.21. The van der Waals surface area contributed by atoms with E-state index in [0.717, 1.165) is 25.9 Å². The van der Waals surface area contributed by atoms with Crippen molar-refractivity contribution in [3.05, 3.63) is 23.8 Å². The average Bonchev–Trinajstić information content (AvgIpc) is 2.92. The standard InChI is InChI=1S/C13H18N4O3/c1-16(8-12(18)17-4-2-3-5-17)7-11-10(13(19)20)6-14-9-15-11/h6,9H,2-5,7-8H2,1H3,(H,19,20). The zero-order chi connectivity index (χ0) is 14.5. The molecule has 1 aliphatic heterocycles. The molecule has 1 aromatic heterocycles. The number of hydrogen-bond donors (Lipinski definition) is 1. The number of likely N-dealkylation sites (N-methyl/N-ethyl adjacent to an activating group) is 1. The Kier molecular flexibility index (Phi) is 4.62. The number of aromatic carboxylic acids is 1. The number of amides is 1. The van der Waals surface area contributed by atoms with Crippen LogP contribution in [0.2, 0.25) is 0 Å². The Bertz CT molecular complexity index is 500. The Hall–Kier alpha value is -2.02. The molecule has 7 heteroatoms. The molecule has 1 fully saturated rings. The van der Waals surface area contributed by atoms with Crippen LogP contribution in [0.3, 0.4) is 0 Å². The van der Waals surface area contributed by atoms with E-state index in [1.807, 2.05) is 4.90 Å². The van der Waals surface area contributed by atoms with E-state index in [9.17, 15) is 9.59 Å². The lowest BCUT2D eigenvalue weighted by Crippen LogP contribution is -2.37. The van der Waals surface area contributed by atoms with Gasteiger partial charge in [0.2, 0.25) is 5.91 Å². The molecular weight excluding hydrogens is 260 g/mol. The molecule has 1 amide bonds. The van der Waals surface area contributed by atoms with Crippen molar-refractivity contribution in [3.63, 3.8) is 0 Å². The number of hydrogen-bond acceptors (Lipinski definition) is 5. The third-order valence-electron chi connectivity index (χ3n) is 3.31. The minimum Gasteiger partial charge on any atom is -0.478 e. The zero-order valence-corrected chi connectivity index (χ0v) is 11.4. The van der Waals surface area contributed by atoms with Crippen LogP contribution >= 0.6 is 0 Å². The fourth-order valence-electron chi connectivity index (χ4n) is 2.27. The van der Waals surface area contributed by atoms with E-state index in [2.05, 4.69) is 9.97 Å². The molecule has 0 atom stereocenters. The van der Waals surface area contributed by atoms with Gasteiger partial charge in [-0.1, -0.05) is 0 Å². The molecule has 0 bridgehead atoms. The van der Waals surface area contributed by atoms with Crippen molar-refractivity contribution in [1.29, 1.82) is 0 Å². The van der Waals surface area contributed by atoms with Crippen LogP contribution in [0.4, 0.5) is 0 Å². The van der Waals surface area contributed by atoms with E-state index in [1.165, 1.54) is 12.5 Å². The molecule has 108 valence electrons. The van der Waals surface area contributed by atoms with Crippen molar-refractivity contribution in [2.24, 2.45) is 0 Å². The Morgan fingerprint density at radius 3 is 2.75 bits per heavy atom. The molecule has 0 aliphatic carbocycles. The number of nitrogens with zero attached hydrogens (tertiary/aromatic N) is 4. The Morgan fingerprint density at radius 2 is 2.10 bits per heavy atom. The van der Waals surface area contributed by atoms with E-state index >= 15 is 0 Å². The largest absolute Gasteiger partial charge is 0.478 e. The predicted molar refractivity (Wildman–Crippen MR) is 71.1 cm³/mol. The second-order valence-corrected chi connectivity index (χ2v) is 4.95. The maximum absolute atomic E-state index is 12.0. The summed E-state index contributed by atoms with van der Waals surface area (Å²) in [5, 5.41) is 9.06. The van der Waals surface area contributed by atoms with Crippen molar-refractivity contribution in [1.82, 2.24) is 19.8 Å². The number of rotatable bonds is 5. The van der Waals surface area contributed by atoms with Crippen LogP contribution in [0.5, 0.6) is 0 Å². The maximum Gasteiger partial charge on any atom is 0.339 e. The van der Waals surface area contributed by atoms with Gasteiger partial charge in [0.15, 0.2) is 0 Å². The number of aromatic nitrogens is 2. The summed E-state index contributed by atoms with van der Waals surface area (Å²) in [5.74, 6) is -0.976. The Labute approximate surface area is 117 Å². The summed E-state index contributed by atoms with van der Waals surface area (Å²) >= 11 is 0. The van der Waals surface area contributed by atoms with E-state index in [4.69, 9.17) is 5.11 Å². The first kappa shape index (κ1) is 14.4. The molecule has 2 heterocycles. The Morgan fingerprint density at radius 1 is 1.40 bits per heavy atom. The van der Waals surface area contributed by atoms with Gasteiger partial charge in [0, 0.05) is 25.8 Å². The van der Waals surface area contributed by atoms with Crippen molar-refractivity contribution in [2.75, 3.05) is 26.7 Å². The van der Waals surface area contributed by atoms with Crippen LogP contribution in [-0.4, -0.2) is 63.4 Å². The van der Waals surface area contributed by atoms with Crippen LogP contribution in [0.1, 0.15) is 28.9 Å². The zero-order valence-electron chi connectivity index (χ0n) is 11.4. The van der Waals surface area contributed by atoms with Crippen molar-refractivity contribution >= 4 is 11.9 Å². The molecule has 20 heavy (non-hydrogen) atoms. The van der Waals surface area contributed by atoms with Gasteiger partial charge in [-0.15, -0.1) is 0 Å². The number of likely N-dealkylation sites (tertiary alicyclic amines) is 1. The highest BCUT2D eigenvalue weighted by atomic mass is 16.4. The first-order valence-electron chi connectivity index (χ1n) is 6.56. The molecule has 1 saturated heterocycles. The normalized spacial score (nSPS) is 14.8. The monoisotopic (exact) mass is 278 g/mol. The number of carbonyl (C=O) groups is 2. The van der Waals surface area contributed by atoms with Crippen molar-refractivity contribution in [2.45, 2.75) is 19.4 Å². The Balaban J connectivity index is 1.95. The summed E-state index contributed by atoms with van der Waals surface area (Å²) in [5.41, 5.74) is 0.497. The summed E-state index contributed by atoms with van der Waals surface area (Å²) in [6, 6.07) is 0. The SMILES string of the molecule is CN(CC(=O)N1CCCC1)Cc1ncncc1C(=O)O. The minimum absolute atomic E-state index is 0.0768. The van der Waals surface area contributed by atoms with E-state index in [0.29, 0.717) is 12.2 Å². The first-order valence-corrected chi connectivity index (χ1v) is 6.56. The molecule has 0 saturated carbocycles. The number of carboxylic acids is 1. The summed E-state index contributed by atoms with van der Waals surface area (Å²) in [4.78, 5) is 34.4. The highest BCUT2D eigenvalue weighted by molar-refractivity contribution is 5.88. The lowest BCUT2D eigenvalue weighted by molar-refractivity contribution is -0.131. The molecule has 0 spiro atoms. The minimum atomic E-state index is -1.06. The second kappa shape index (κ2) is 6.42. The first-order chi connectivity index (χ1) is 9.58. The van der Waals surface area contributed by atoms with Crippen LogP contribution in [-0.2, 0) is 11.3 Å². The van der Waals surface area contributed by atoms with E-state index < -0.39 is 5.97 Å². The highest BCUT2D eigenvalue weighted by Crippen LogP contribution is 2.10. The van der Waals surface area contributed by atoms with Gasteiger partial charge in [-0.25, -0.2) is 14.8 Å². The van der Waals surface area contributed by atoms with Gasteiger partial charge in [-0.3, -0.25) is 9.69 Å². The fraction of sp³-hybridized carbons (Fsp3) is 0.538. The number of carboxylic acid groups (broad SMARTS) is 1. The highest BCUT2D eigenvalue weighted by Gasteiger charge is 2.20. The van der Waals surface area contributed by atoms with Gasteiger partial charge in [-0.2, -0.15) is 0 Å². The maximum atomic E-state index is 12.0. The van der Waals surface area contributed by atoms with Gasteiger partial charge in [0.05, 0.1) is 12.2 Å². The topological polar surface area (TPSA) is 86.6 Å². The molecule has 7 nitrogen and oxygen atoms in total. The van der Waals surface area contributed by atoms with E-state index in [-0.39, 0.29) is 18.0 Å². The predicted octanol–water partition coefficient (Wildman–Crippen LogP) is 0.229. The lowest BCUT2D eigenvalue weighted by atomic mass is 10.2. The van der Waals surface area contributed by atoms with Crippen LogP contribution in [0.15, 0.2) is 12.5 Å². The van der Waals surface area contributed by atoms with Gasteiger partial charge < -0.3 is 10.0 Å². The molecule has 1 N–H and O–H groups in total. The van der Waals surface area contributed by atoms with Crippen molar-refractivity contribution < 1.29 is 14.7 Å². The van der Waals surface area contributed by atoms with Gasteiger partial charge in [0.25, 0.3) is 0 Å². The van der Waals surface area contributed by atoms with E-state index in [1.54, 1.807) is 11.9 Å². The average molecular weight is 278 g/mol. The van der Waals surface area contributed by atoms with Crippen LogP contribution in [0.25, 0.3) is 0 Å². The summed E-state index contributed by atoms with van der Waals surface area (Å²) in [6.45, 7) is 2.22.